The van der Waals surface area contributed by atoms with Gasteiger partial charge < -0.3 is 19.5 Å². The average Bonchev–Trinajstić information content (AvgIpc) is 2.72. The molecule has 0 amide bonds. The van der Waals surface area contributed by atoms with Crippen LogP contribution in [-0.2, 0) is 13.2 Å². The van der Waals surface area contributed by atoms with Crippen LogP contribution in [0.5, 0.6) is 17.2 Å². The number of hydrogen-bond acceptors (Lipinski definition) is 4. The van der Waals surface area contributed by atoms with E-state index in [-0.39, 0.29) is 0 Å². The van der Waals surface area contributed by atoms with Gasteiger partial charge in [0.15, 0.2) is 11.5 Å². The summed E-state index contributed by atoms with van der Waals surface area (Å²) in [7, 11) is 3.23. The minimum atomic E-state index is 0.478. The van der Waals surface area contributed by atoms with Crippen LogP contribution in [0.15, 0.2) is 65.1 Å². The molecule has 0 aliphatic heterocycles. The first-order chi connectivity index (χ1) is 13.6. The minimum Gasteiger partial charge on any atom is -0.495 e. The Bertz CT molecular complexity index is 935. The Balaban J connectivity index is 1.71. The van der Waals surface area contributed by atoms with E-state index >= 15 is 0 Å². The molecule has 6 heteroatoms. The van der Waals surface area contributed by atoms with Gasteiger partial charge in [0, 0.05) is 16.7 Å². The topological polar surface area (TPSA) is 39.7 Å². The predicted molar refractivity (Wildman–Crippen MR) is 117 cm³/mol. The maximum atomic E-state index is 6.19. The van der Waals surface area contributed by atoms with Crippen LogP contribution < -0.4 is 19.5 Å². The van der Waals surface area contributed by atoms with Crippen molar-refractivity contribution in [1.82, 2.24) is 0 Å². The minimum absolute atomic E-state index is 0.478. The van der Waals surface area contributed by atoms with Crippen LogP contribution in [0.4, 0.5) is 5.69 Å². The highest BCUT2D eigenvalue weighted by Gasteiger charge is 2.11. The van der Waals surface area contributed by atoms with E-state index in [9.17, 15) is 0 Å². The molecule has 0 aliphatic carbocycles. The molecule has 0 aromatic heterocycles. The molecule has 0 fully saturated rings. The van der Waals surface area contributed by atoms with Gasteiger partial charge in [0.2, 0.25) is 0 Å². The molecule has 28 heavy (non-hydrogen) atoms. The molecule has 3 aromatic carbocycles. The number of methoxy groups -OCH3 is 2. The van der Waals surface area contributed by atoms with Crippen molar-refractivity contribution >= 4 is 33.2 Å². The second kappa shape index (κ2) is 9.71. The first kappa shape index (κ1) is 20.4. The summed E-state index contributed by atoms with van der Waals surface area (Å²) in [6.07, 6.45) is 0. The van der Waals surface area contributed by atoms with E-state index in [2.05, 4.69) is 21.2 Å². The van der Waals surface area contributed by atoms with E-state index < -0.39 is 0 Å². The lowest BCUT2D eigenvalue weighted by atomic mass is 10.2. The Labute approximate surface area is 178 Å². The monoisotopic (exact) mass is 461 g/mol. The Kier molecular flexibility index (Phi) is 7.06. The summed E-state index contributed by atoms with van der Waals surface area (Å²) in [6, 6.07) is 19.5. The molecule has 4 nitrogen and oxygen atoms in total. The highest BCUT2D eigenvalue weighted by molar-refractivity contribution is 9.10. The smallest absolute Gasteiger partial charge is 0.162 e. The van der Waals surface area contributed by atoms with E-state index in [1.807, 2.05) is 60.7 Å². The molecule has 1 N–H and O–H groups in total. The molecule has 0 unspecified atom stereocenters. The van der Waals surface area contributed by atoms with Gasteiger partial charge in [-0.15, -0.1) is 0 Å². The molecule has 0 saturated heterocycles. The molecular formula is C22H21BrClNO3. The molecule has 0 heterocycles. The Morgan fingerprint density at radius 1 is 0.893 bits per heavy atom. The number of hydrogen-bond donors (Lipinski definition) is 1. The third-order valence-electron chi connectivity index (χ3n) is 4.20. The van der Waals surface area contributed by atoms with E-state index in [0.29, 0.717) is 35.4 Å². The van der Waals surface area contributed by atoms with Crippen LogP contribution in [0.2, 0.25) is 5.02 Å². The summed E-state index contributed by atoms with van der Waals surface area (Å²) < 4.78 is 17.6. The Hall–Kier alpha value is -2.37. The average molecular weight is 463 g/mol. The van der Waals surface area contributed by atoms with Crippen LogP contribution in [0, 0.1) is 0 Å². The lowest BCUT2D eigenvalue weighted by Gasteiger charge is -2.15. The zero-order valence-electron chi connectivity index (χ0n) is 15.7. The normalized spacial score (nSPS) is 10.4. The molecule has 0 atom stereocenters. The standard InChI is InChI=1S/C22H21BrClNO3/c1-26-20-9-8-17(11-19(20)24)25-13-16-10-21(27-2)22(12-18(16)23)28-14-15-6-4-3-5-7-15/h3-12,25H,13-14H2,1-2H3. The van der Waals surface area contributed by atoms with Crippen LogP contribution in [0.1, 0.15) is 11.1 Å². The first-order valence-corrected chi connectivity index (χ1v) is 9.88. The number of benzene rings is 3. The second-order valence-electron chi connectivity index (χ2n) is 6.07. The van der Waals surface area contributed by atoms with Gasteiger partial charge in [-0.05, 0) is 41.5 Å². The Morgan fingerprint density at radius 3 is 2.32 bits per heavy atom. The number of rotatable bonds is 8. The molecule has 0 aliphatic rings. The van der Waals surface area contributed by atoms with Crippen molar-refractivity contribution in [2.45, 2.75) is 13.2 Å². The van der Waals surface area contributed by atoms with Crippen LogP contribution in [-0.4, -0.2) is 14.2 Å². The number of ether oxygens (including phenoxy) is 3. The largest absolute Gasteiger partial charge is 0.495 e. The molecule has 3 rings (SSSR count). The van der Waals surface area contributed by atoms with Gasteiger partial charge in [-0.2, -0.15) is 0 Å². The number of halogens is 2. The molecule has 0 saturated carbocycles. The highest BCUT2D eigenvalue weighted by Crippen LogP contribution is 2.35. The summed E-state index contributed by atoms with van der Waals surface area (Å²) >= 11 is 9.81. The molecule has 0 radical (unpaired) electrons. The van der Waals surface area contributed by atoms with Crippen molar-refractivity contribution in [2.24, 2.45) is 0 Å². The first-order valence-electron chi connectivity index (χ1n) is 8.71. The van der Waals surface area contributed by atoms with Crippen LogP contribution >= 0.6 is 27.5 Å². The molecule has 0 spiro atoms. The molecule has 3 aromatic rings. The van der Waals surface area contributed by atoms with Crippen molar-refractivity contribution < 1.29 is 14.2 Å². The lowest BCUT2D eigenvalue weighted by Crippen LogP contribution is -2.03. The lowest BCUT2D eigenvalue weighted by molar-refractivity contribution is 0.284. The van der Waals surface area contributed by atoms with Crippen molar-refractivity contribution in [3.05, 3.63) is 81.3 Å². The van der Waals surface area contributed by atoms with E-state index in [0.717, 1.165) is 21.3 Å². The fourth-order valence-electron chi connectivity index (χ4n) is 2.69. The fraction of sp³-hybridized carbons (Fsp3) is 0.182. The van der Waals surface area contributed by atoms with Crippen molar-refractivity contribution in [2.75, 3.05) is 19.5 Å². The van der Waals surface area contributed by atoms with Crippen LogP contribution in [0.25, 0.3) is 0 Å². The SMILES string of the molecule is COc1ccc(NCc2cc(OC)c(OCc3ccccc3)cc2Br)cc1Cl. The van der Waals surface area contributed by atoms with E-state index in [4.69, 9.17) is 25.8 Å². The second-order valence-corrected chi connectivity index (χ2v) is 7.33. The summed E-state index contributed by atoms with van der Waals surface area (Å²) in [5.74, 6) is 2.02. The van der Waals surface area contributed by atoms with Gasteiger partial charge in [-0.1, -0.05) is 57.9 Å². The van der Waals surface area contributed by atoms with Gasteiger partial charge in [0.25, 0.3) is 0 Å². The maximum Gasteiger partial charge on any atom is 0.162 e. The summed E-state index contributed by atoms with van der Waals surface area (Å²) in [6.45, 7) is 1.07. The third-order valence-corrected chi connectivity index (χ3v) is 5.24. The Morgan fingerprint density at radius 2 is 1.64 bits per heavy atom. The van der Waals surface area contributed by atoms with Crippen LogP contribution in [0.3, 0.4) is 0 Å². The summed E-state index contributed by atoms with van der Waals surface area (Å²) in [4.78, 5) is 0. The van der Waals surface area contributed by atoms with Gasteiger partial charge in [0.1, 0.15) is 12.4 Å². The van der Waals surface area contributed by atoms with E-state index in [1.54, 1.807) is 14.2 Å². The zero-order valence-corrected chi connectivity index (χ0v) is 18.0. The third kappa shape index (κ3) is 5.12. The maximum absolute atomic E-state index is 6.19. The van der Waals surface area contributed by atoms with Gasteiger partial charge >= 0.3 is 0 Å². The van der Waals surface area contributed by atoms with Crippen molar-refractivity contribution in [1.29, 1.82) is 0 Å². The highest BCUT2D eigenvalue weighted by atomic mass is 79.9. The van der Waals surface area contributed by atoms with Crippen molar-refractivity contribution in [3.8, 4) is 17.2 Å². The van der Waals surface area contributed by atoms with Crippen molar-refractivity contribution in [3.63, 3.8) is 0 Å². The van der Waals surface area contributed by atoms with Gasteiger partial charge in [0.05, 0.1) is 19.2 Å². The number of nitrogens with one attached hydrogen (secondary N) is 1. The van der Waals surface area contributed by atoms with E-state index in [1.165, 1.54) is 0 Å². The quantitative estimate of drug-likeness (QED) is 0.426. The molecule has 0 bridgehead atoms. The summed E-state index contributed by atoms with van der Waals surface area (Å²) in [5.41, 5.74) is 3.04. The molecule has 146 valence electrons. The fourth-order valence-corrected chi connectivity index (χ4v) is 3.41. The number of anilines is 1. The molecular weight excluding hydrogens is 442 g/mol. The summed E-state index contributed by atoms with van der Waals surface area (Å²) in [5, 5.41) is 3.92. The zero-order chi connectivity index (χ0) is 19.9. The van der Waals surface area contributed by atoms with Gasteiger partial charge in [-0.3, -0.25) is 0 Å². The van der Waals surface area contributed by atoms with Gasteiger partial charge in [-0.25, -0.2) is 0 Å². The predicted octanol–water partition coefficient (Wildman–Crippen LogP) is 6.31.